The lowest BCUT2D eigenvalue weighted by Gasteiger charge is -2.28. The Labute approximate surface area is 61.6 Å². The summed E-state index contributed by atoms with van der Waals surface area (Å²) in [7, 11) is 0. The fourth-order valence-electron chi connectivity index (χ4n) is 2.26. The average Bonchev–Trinajstić information content (AvgIpc) is 2.33. The van der Waals surface area contributed by atoms with Crippen LogP contribution in [0.2, 0.25) is 0 Å². The second-order valence-electron chi connectivity index (χ2n) is 3.58. The molecule has 0 aromatic carbocycles. The summed E-state index contributed by atoms with van der Waals surface area (Å²) in [5.41, 5.74) is 0. The van der Waals surface area contributed by atoms with E-state index in [2.05, 4.69) is 5.32 Å². The summed E-state index contributed by atoms with van der Waals surface area (Å²) in [6.45, 7) is 1.17. The first-order valence-electron chi connectivity index (χ1n) is 4.28. The van der Waals surface area contributed by atoms with Crippen molar-refractivity contribution in [2.75, 3.05) is 6.54 Å². The number of aliphatic hydroxyl groups is 1. The first-order valence-corrected chi connectivity index (χ1v) is 4.28. The van der Waals surface area contributed by atoms with Crippen molar-refractivity contribution in [1.82, 2.24) is 5.32 Å². The van der Waals surface area contributed by atoms with Crippen LogP contribution < -0.4 is 5.32 Å². The molecule has 0 bridgehead atoms. The minimum Gasteiger partial charge on any atom is -0.393 e. The van der Waals surface area contributed by atoms with Gasteiger partial charge >= 0.3 is 0 Å². The van der Waals surface area contributed by atoms with E-state index in [1.165, 1.54) is 19.4 Å². The van der Waals surface area contributed by atoms with Crippen LogP contribution in [0.4, 0.5) is 0 Å². The Morgan fingerprint density at radius 3 is 3.00 bits per heavy atom. The normalized spacial score (nSPS) is 47.1. The highest BCUT2D eigenvalue weighted by molar-refractivity contribution is 4.89. The summed E-state index contributed by atoms with van der Waals surface area (Å²) in [5.74, 6) is 0.878. The van der Waals surface area contributed by atoms with E-state index in [-0.39, 0.29) is 6.10 Å². The molecule has 2 heteroatoms. The van der Waals surface area contributed by atoms with E-state index in [0.29, 0.717) is 6.04 Å². The standard InChI is InChI=1S/C8H15NO/c10-7-2-1-6-3-4-9-8(6)5-7/h6-10H,1-5H2/t6-,7+,8+/m0/s1. The van der Waals surface area contributed by atoms with Crippen LogP contribution in [0.25, 0.3) is 0 Å². The van der Waals surface area contributed by atoms with E-state index in [1.54, 1.807) is 0 Å². The molecule has 0 amide bonds. The van der Waals surface area contributed by atoms with E-state index in [1.807, 2.05) is 0 Å². The molecule has 0 aromatic heterocycles. The van der Waals surface area contributed by atoms with E-state index in [9.17, 15) is 5.11 Å². The first kappa shape index (κ1) is 6.62. The summed E-state index contributed by atoms with van der Waals surface area (Å²) in [6.07, 6.45) is 4.57. The molecule has 0 aromatic rings. The number of hydrogen-bond acceptors (Lipinski definition) is 2. The Kier molecular flexibility index (Phi) is 1.66. The molecule has 2 aliphatic rings. The van der Waals surface area contributed by atoms with Gasteiger partial charge in [0.15, 0.2) is 0 Å². The van der Waals surface area contributed by atoms with Crippen LogP contribution in [-0.4, -0.2) is 23.8 Å². The lowest BCUT2D eigenvalue weighted by atomic mass is 9.84. The number of fused-ring (bicyclic) bond motifs is 1. The van der Waals surface area contributed by atoms with Gasteiger partial charge in [0.05, 0.1) is 6.10 Å². The van der Waals surface area contributed by atoms with Gasteiger partial charge in [0.1, 0.15) is 0 Å². The second kappa shape index (κ2) is 2.51. The predicted octanol–water partition coefficient (Wildman–Crippen LogP) is 0.509. The van der Waals surface area contributed by atoms with Crippen LogP contribution in [-0.2, 0) is 0 Å². The van der Waals surface area contributed by atoms with Crippen molar-refractivity contribution < 1.29 is 5.11 Å². The van der Waals surface area contributed by atoms with Crippen molar-refractivity contribution in [2.24, 2.45) is 5.92 Å². The SMILES string of the molecule is O[C@@H]1CC[C@H]2CCN[C@@H]2C1. The van der Waals surface area contributed by atoms with Gasteiger partial charge in [-0.2, -0.15) is 0 Å². The van der Waals surface area contributed by atoms with Gasteiger partial charge in [0.25, 0.3) is 0 Å². The van der Waals surface area contributed by atoms with Crippen LogP contribution in [0.15, 0.2) is 0 Å². The Hall–Kier alpha value is -0.0800. The molecule has 1 aliphatic heterocycles. The zero-order chi connectivity index (χ0) is 6.97. The van der Waals surface area contributed by atoms with Crippen molar-refractivity contribution in [1.29, 1.82) is 0 Å². The van der Waals surface area contributed by atoms with E-state index < -0.39 is 0 Å². The maximum Gasteiger partial charge on any atom is 0.0555 e. The van der Waals surface area contributed by atoms with Gasteiger partial charge in [-0.1, -0.05) is 0 Å². The molecule has 2 nitrogen and oxygen atoms in total. The average molecular weight is 141 g/mol. The zero-order valence-corrected chi connectivity index (χ0v) is 6.21. The fraction of sp³-hybridized carbons (Fsp3) is 1.00. The Morgan fingerprint density at radius 2 is 2.10 bits per heavy atom. The molecule has 2 N–H and O–H groups in total. The molecule has 0 radical (unpaired) electrons. The van der Waals surface area contributed by atoms with Gasteiger partial charge < -0.3 is 10.4 Å². The Balaban J connectivity index is 1.96. The molecule has 58 valence electrons. The highest BCUT2D eigenvalue weighted by Gasteiger charge is 2.32. The number of aliphatic hydroxyl groups excluding tert-OH is 1. The summed E-state index contributed by atoms with van der Waals surface area (Å²) < 4.78 is 0. The molecule has 2 rings (SSSR count). The summed E-state index contributed by atoms with van der Waals surface area (Å²) in [4.78, 5) is 0. The van der Waals surface area contributed by atoms with E-state index in [0.717, 1.165) is 18.8 Å². The lowest BCUT2D eigenvalue weighted by Crippen LogP contribution is -2.35. The minimum atomic E-state index is -0.0214. The van der Waals surface area contributed by atoms with Gasteiger partial charge in [-0.15, -0.1) is 0 Å². The smallest absolute Gasteiger partial charge is 0.0555 e. The van der Waals surface area contributed by atoms with Gasteiger partial charge in [-0.25, -0.2) is 0 Å². The number of nitrogens with one attached hydrogen (secondary N) is 1. The van der Waals surface area contributed by atoms with Crippen molar-refractivity contribution in [3.8, 4) is 0 Å². The molecule has 10 heavy (non-hydrogen) atoms. The van der Waals surface area contributed by atoms with Crippen LogP contribution >= 0.6 is 0 Å². The third-order valence-corrected chi connectivity index (χ3v) is 2.89. The summed E-state index contributed by atoms with van der Waals surface area (Å²) >= 11 is 0. The zero-order valence-electron chi connectivity index (χ0n) is 6.21. The first-order chi connectivity index (χ1) is 4.86. The molecule has 3 atom stereocenters. The quantitative estimate of drug-likeness (QED) is 0.515. The maximum absolute atomic E-state index is 9.32. The Morgan fingerprint density at radius 1 is 1.20 bits per heavy atom. The number of rotatable bonds is 0. The molecule has 0 spiro atoms. The third-order valence-electron chi connectivity index (χ3n) is 2.89. The monoisotopic (exact) mass is 141 g/mol. The second-order valence-corrected chi connectivity index (χ2v) is 3.58. The van der Waals surface area contributed by atoms with Gasteiger partial charge in [0, 0.05) is 6.04 Å². The molecule has 2 fully saturated rings. The number of hydrogen-bond donors (Lipinski definition) is 2. The Bertz CT molecular complexity index is 126. The summed E-state index contributed by atoms with van der Waals surface area (Å²) in [6, 6.07) is 0.642. The highest BCUT2D eigenvalue weighted by atomic mass is 16.3. The van der Waals surface area contributed by atoms with Crippen LogP contribution in [0, 0.1) is 5.92 Å². The molecular formula is C8H15NO. The lowest BCUT2D eigenvalue weighted by molar-refractivity contribution is 0.0983. The molecule has 1 aliphatic carbocycles. The van der Waals surface area contributed by atoms with Crippen molar-refractivity contribution in [3.05, 3.63) is 0 Å². The molecule has 1 saturated carbocycles. The molecule has 0 unspecified atom stereocenters. The van der Waals surface area contributed by atoms with Crippen LogP contribution in [0.1, 0.15) is 25.7 Å². The van der Waals surface area contributed by atoms with Gasteiger partial charge in [-0.05, 0) is 38.1 Å². The maximum atomic E-state index is 9.32. The van der Waals surface area contributed by atoms with Gasteiger partial charge in [-0.3, -0.25) is 0 Å². The van der Waals surface area contributed by atoms with Crippen molar-refractivity contribution in [3.63, 3.8) is 0 Å². The van der Waals surface area contributed by atoms with E-state index in [4.69, 9.17) is 0 Å². The third kappa shape index (κ3) is 1.06. The van der Waals surface area contributed by atoms with Gasteiger partial charge in [0.2, 0.25) is 0 Å². The van der Waals surface area contributed by atoms with Crippen molar-refractivity contribution >= 4 is 0 Å². The fourth-order valence-corrected chi connectivity index (χ4v) is 2.26. The molecule has 1 heterocycles. The minimum absolute atomic E-state index is 0.0214. The van der Waals surface area contributed by atoms with Crippen molar-refractivity contribution in [2.45, 2.75) is 37.8 Å². The summed E-state index contributed by atoms with van der Waals surface area (Å²) in [5, 5.41) is 12.7. The molecular weight excluding hydrogens is 126 g/mol. The van der Waals surface area contributed by atoms with E-state index >= 15 is 0 Å². The highest BCUT2D eigenvalue weighted by Crippen LogP contribution is 2.30. The molecule has 1 saturated heterocycles. The van der Waals surface area contributed by atoms with Crippen LogP contribution in [0.3, 0.4) is 0 Å². The topological polar surface area (TPSA) is 32.3 Å². The predicted molar refractivity (Wildman–Crippen MR) is 39.8 cm³/mol. The largest absolute Gasteiger partial charge is 0.393 e. The van der Waals surface area contributed by atoms with Crippen LogP contribution in [0.5, 0.6) is 0 Å².